The Kier molecular flexibility index (Phi) is 3.10. The summed E-state index contributed by atoms with van der Waals surface area (Å²) in [6.07, 6.45) is -11.6. The average molecular weight is 279 g/mol. The van der Waals surface area contributed by atoms with E-state index in [2.05, 4.69) is 9.47 Å². The first-order chi connectivity index (χ1) is 6.51. The van der Waals surface area contributed by atoms with Gasteiger partial charge in [0, 0.05) is 0 Å². The molecule has 0 aromatic carbocycles. The number of hydrogen-bond acceptors (Lipinski definition) is 2. The second kappa shape index (κ2) is 3.54. The van der Waals surface area contributed by atoms with Gasteiger partial charge in [0.1, 0.15) is 0 Å². The summed E-state index contributed by atoms with van der Waals surface area (Å²) in [5, 5.41) is 0. The molecule has 1 saturated heterocycles. The van der Waals surface area contributed by atoms with Gasteiger partial charge >= 0.3 is 18.1 Å². The summed E-state index contributed by atoms with van der Waals surface area (Å²) in [6.45, 7) is 0. The molecular formula is C5H2Cl2F6O2. The van der Waals surface area contributed by atoms with Crippen LogP contribution in [0.3, 0.4) is 0 Å². The molecule has 1 fully saturated rings. The van der Waals surface area contributed by atoms with E-state index in [-0.39, 0.29) is 0 Å². The van der Waals surface area contributed by atoms with Gasteiger partial charge in [0.15, 0.2) is 11.1 Å². The Bertz CT molecular complexity index is 225. The van der Waals surface area contributed by atoms with E-state index in [0.717, 1.165) is 0 Å². The summed E-state index contributed by atoms with van der Waals surface area (Å²) in [4.78, 5) is 0. The third-order valence-electron chi connectivity index (χ3n) is 1.51. The topological polar surface area (TPSA) is 18.5 Å². The Balaban J connectivity index is 3.12. The lowest BCUT2D eigenvalue weighted by Crippen LogP contribution is -2.58. The molecule has 90 valence electrons. The van der Waals surface area contributed by atoms with Gasteiger partial charge in [-0.25, -0.2) is 0 Å². The van der Waals surface area contributed by atoms with Gasteiger partial charge in [0.05, 0.1) is 0 Å². The molecule has 2 nitrogen and oxygen atoms in total. The second-order valence-corrected chi connectivity index (χ2v) is 3.41. The summed E-state index contributed by atoms with van der Waals surface area (Å²) in [7, 11) is 0. The molecule has 0 aromatic heterocycles. The first kappa shape index (κ1) is 13.1. The molecule has 0 radical (unpaired) electrons. The summed E-state index contributed by atoms with van der Waals surface area (Å²) in [5.41, 5.74) is -4.06. The molecule has 1 rings (SSSR count). The molecule has 0 amide bonds. The molecule has 0 aliphatic carbocycles. The first-order valence-corrected chi connectivity index (χ1v) is 4.16. The molecule has 1 aliphatic rings. The van der Waals surface area contributed by atoms with Crippen LogP contribution in [-0.4, -0.2) is 29.3 Å². The van der Waals surface area contributed by atoms with Gasteiger partial charge in [0.25, 0.3) is 0 Å². The van der Waals surface area contributed by atoms with Crippen molar-refractivity contribution in [1.82, 2.24) is 0 Å². The predicted molar refractivity (Wildman–Crippen MR) is 36.3 cm³/mol. The SMILES string of the molecule is FC(F)(F)C1(C(F)(F)F)O[C@H](Cl)[C@@H](Cl)O1. The van der Waals surface area contributed by atoms with Crippen LogP contribution < -0.4 is 0 Å². The summed E-state index contributed by atoms with van der Waals surface area (Å²) in [6, 6.07) is 0. The van der Waals surface area contributed by atoms with E-state index in [0.29, 0.717) is 0 Å². The summed E-state index contributed by atoms with van der Waals surface area (Å²) in [5.74, 6) is -4.75. The van der Waals surface area contributed by atoms with E-state index in [1.165, 1.54) is 0 Å². The Morgan fingerprint density at radius 2 is 1.07 bits per heavy atom. The Hall–Kier alpha value is 0.0800. The number of ether oxygens (including phenoxy) is 2. The van der Waals surface area contributed by atoms with Crippen LogP contribution in [0.1, 0.15) is 0 Å². The van der Waals surface area contributed by atoms with Crippen molar-refractivity contribution in [3.63, 3.8) is 0 Å². The Morgan fingerprint density at radius 3 is 1.20 bits per heavy atom. The van der Waals surface area contributed by atoms with Crippen LogP contribution in [0.25, 0.3) is 0 Å². The highest BCUT2D eigenvalue weighted by Gasteiger charge is 2.78. The minimum atomic E-state index is -5.82. The molecule has 2 atom stereocenters. The molecule has 1 aliphatic heterocycles. The highest BCUT2D eigenvalue weighted by molar-refractivity contribution is 6.28. The average Bonchev–Trinajstić information content (AvgIpc) is 2.26. The van der Waals surface area contributed by atoms with Crippen molar-refractivity contribution < 1.29 is 35.8 Å². The maximum Gasteiger partial charge on any atom is 0.453 e. The molecule has 0 spiro atoms. The van der Waals surface area contributed by atoms with E-state index in [9.17, 15) is 26.3 Å². The van der Waals surface area contributed by atoms with Crippen molar-refractivity contribution >= 4 is 23.2 Å². The van der Waals surface area contributed by atoms with Crippen LogP contribution in [0.5, 0.6) is 0 Å². The highest BCUT2D eigenvalue weighted by Crippen LogP contribution is 2.52. The largest absolute Gasteiger partial charge is 0.453 e. The maximum atomic E-state index is 12.2. The van der Waals surface area contributed by atoms with E-state index >= 15 is 0 Å². The number of alkyl halides is 8. The summed E-state index contributed by atoms with van der Waals surface area (Å²) < 4.78 is 80.1. The van der Waals surface area contributed by atoms with Gasteiger partial charge in [0.2, 0.25) is 0 Å². The zero-order valence-electron chi connectivity index (χ0n) is 6.49. The van der Waals surface area contributed by atoms with Crippen molar-refractivity contribution in [1.29, 1.82) is 0 Å². The quantitative estimate of drug-likeness (QED) is 0.501. The highest BCUT2D eigenvalue weighted by atomic mass is 35.5. The maximum absolute atomic E-state index is 12.2. The van der Waals surface area contributed by atoms with Crippen LogP contribution in [-0.2, 0) is 9.47 Å². The minimum Gasteiger partial charge on any atom is -0.312 e. The lowest BCUT2D eigenvalue weighted by molar-refractivity contribution is -0.442. The second-order valence-electron chi connectivity index (χ2n) is 2.55. The molecular weight excluding hydrogens is 277 g/mol. The molecule has 0 unspecified atom stereocenters. The van der Waals surface area contributed by atoms with Crippen LogP contribution in [0.2, 0.25) is 0 Å². The van der Waals surface area contributed by atoms with Crippen molar-refractivity contribution in [2.75, 3.05) is 0 Å². The standard InChI is InChI=1S/C5H2Cl2F6O2/c6-1-2(7)15-3(14-1,4(8,9)10)5(11,12)13/h1-2H/t1-,2-/m0/s1. The van der Waals surface area contributed by atoms with E-state index in [4.69, 9.17) is 23.2 Å². The normalized spacial score (nSPS) is 32.0. The smallest absolute Gasteiger partial charge is 0.312 e. The van der Waals surface area contributed by atoms with E-state index in [1.807, 2.05) is 0 Å². The third-order valence-corrected chi connectivity index (χ3v) is 2.27. The van der Waals surface area contributed by atoms with Gasteiger partial charge in [-0.05, 0) is 0 Å². The van der Waals surface area contributed by atoms with Gasteiger partial charge in [-0.2, -0.15) is 26.3 Å². The molecule has 0 aromatic rings. The number of rotatable bonds is 0. The van der Waals surface area contributed by atoms with Crippen LogP contribution in [0.15, 0.2) is 0 Å². The fourth-order valence-electron chi connectivity index (χ4n) is 0.880. The first-order valence-electron chi connectivity index (χ1n) is 3.28. The van der Waals surface area contributed by atoms with Crippen molar-refractivity contribution in [2.45, 2.75) is 29.3 Å². The molecule has 1 heterocycles. The van der Waals surface area contributed by atoms with Crippen LogP contribution in [0.4, 0.5) is 26.3 Å². The van der Waals surface area contributed by atoms with Crippen molar-refractivity contribution in [2.24, 2.45) is 0 Å². The number of hydrogen-bond donors (Lipinski definition) is 0. The minimum absolute atomic E-state index is 2.03. The number of halogens is 8. The van der Waals surface area contributed by atoms with Gasteiger partial charge < -0.3 is 9.47 Å². The van der Waals surface area contributed by atoms with E-state index in [1.54, 1.807) is 0 Å². The third kappa shape index (κ3) is 2.00. The monoisotopic (exact) mass is 278 g/mol. The van der Waals surface area contributed by atoms with Gasteiger partial charge in [-0.3, -0.25) is 0 Å². The van der Waals surface area contributed by atoms with E-state index < -0.39 is 29.3 Å². The molecule has 10 heteroatoms. The summed E-state index contributed by atoms with van der Waals surface area (Å²) >= 11 is 9.96. The lowest BCUT2D eigenvalue weighted by atomic mass is 10.2. The molecule has 0 saturated carbocycles. The molecule has 0 N–H and O–H groups in total. The van der Waals surface area contributed by atoms with Crippen LogP contribution in [0, 0.1) is 0 Å². The Labute approximate surface area is 89.0 Å². The lowest BCUT2D eigenvalue weighted by Gasteiger charge is -2.30. The fraction of sp³-hybridized carbons (Fsp3) is 1.00. The van der Waals surface area contributed by atoms with Crippen molar-refractivity contribution in [3.05, 3.63) is 0 Å². The van der Waals surface area contributed by atoms with Crippen molar-refractivity contribution in [3.8, 4) is 0 Å². The molecule has 0 bridgehead atoms. The van der Waals surface area contributed by atoms with Crippen LogP contribution >= 0.6 is 23.2 Å². The zero-order chi connectivity index (χ0) is 12.1. The predicted octanol–water partition coefficient (Wildman–Crippen LogP) is 2.98. The van der Waals surface area contributed by atoms with Gasteiger partial charge in [-0.15, -0.1) is 0 Å². The Morgan fingerprint density at radius 1 is 0.800 bits per heavy atom. The van der Waals surface area contributed by atoms with Gasteiger partial charge in [-0.1, -0.05) is 23.2 Å². The zero-order valence-corrected chi connectivity index (χ0v) is 8.01. The molecule has 15 heavy (non-hydrogen) atoms. The fourth-order valence-corrected chi connectivity index (χ4v) is 1.23.